The predicted octanol–water partition coefficient (Wildman–Crippen LogP) is 4.27. The van der Waals surface area contributed by atoms with Crippen LogP contribution >= 0.6 is 0 Å². The van der Waals surface area contributed by atoms with Gasteiger partial charge in [-0.2, -0.15) is 0 Å². The van der Waals surface area contributed by atoms with Crippen LogP contribution in [-0.4, -0.2) is 13.4 Å². The average molecular weight is 328 g/mol. The maximum Gasteiger partial charge on any atom is 0.261 e. The summed E-state index contributed by atoms with van der Waals surface area (Å²) in [6.45, 7) is 6.30. The van der Waals surface area contributed by atoms with Gasteiger partial charge in [-0.05, 0) is 41.3 Å². The number of hydrogen-bond acceptors (Lipinski definition) is 2. The number of rotatable bonds is 3. The molecule has 1 heterocycles. The van der Waals surface area contributed by atoms with Crippen LogP contribution in [-0.2, 0) is 15.4 Å². The molecule has 0 saturated carbocycles. The monoisotopic (exact) mass is 328 g/mol. The molecule has 120 valence electrons. The Morgan fingerprint density at radius 1 is 0.957 bits per heavy atom. The third kappa shape index (κ3) is 3.10. The van der Waals surface area contributed by atoms with Gasteiger partial charge in [0, 0.05) is 17.1 Å². The molecule has 0 aliphatic heterocycles. The van der Waals surface area contributed by atoms with Crippen LogP contribution < -0.4 is 4.72 Å². The van der Waals surface area contributed by atoms with Gasteiger partial charge in [-0.3, -0.25) is 4.72 Å². The molecule has 0 amide bonds. The summed E-state index contributed by atoms with van der Waals surface area (Å²) in [6.07, 6.45) is 1.79. The van der Waals surface area contributed by atoms with E-state index >= 15 is 0 Å². The zero-order valence-corrected chi connectivity index (χ0v) is 14.2. The molecule has 23 heavy (non-hydrogen) atoms. The summed E-state index contributed by atoms with van der Waals surface area (Å²) in [7, 11) is -3.61. The topological polar surface area (TPSA) is 62.0 Å². The Balaban J connectivity index is 1.94. The number of benzene rings is 2. The summed E-state index contributed by atoms with van der Waals surface area (Å²) in [6, 6.07) is 14.4. The average Bonchev–Trinajstić information content (AvgIpc) is 2.96. The Kier molecular flexibility index (Phi) is 3.68. The predicted molar refractivity (Wildman–Crippen MR) is 94.2 cm³/mol. The smallest absolute Gasteiger partial charge is 0.261 e. The van der Waals surface area contributed by atoms with Crippen LogP contribution in [0.4, 0.5) is 5.69 Å². The van der Waals surface area contributed by atoms with Crippen LogP contribution in [0.15, 0.2) is 59.6 Å². The van der Waals surface area contributed by atoms with Gasteiger partial charge in [0.05, 0.1) is 10.6 Å². The fourth-order valence-electron chi connectivity index (χ4n) is 2.51. The molecular weight excluding hydrogens is 308 g/mol. The number of sulfonamides is 1. The van der Waals surface area contributed by atoms with E-state index in [0.717, 1.165) is 16.5 Å². The van der Waals surface area contributed by atoms with Gasteiger partial charge in [0.2, 0.25) is 0 Å². The van der Waals surface area contributed by atoms with Crippen molar-refractivity contribution in [1.29, 1.82) is 0 Å². The number of aromatic nitrogens is 1. The van der Waals surface area contributed by atoms with Gasteiger partial charge in [-0.25, -0.2) is 8.42 Å². The van der Waals surface area contributed by atoms with Crippen molar-refractivity contribution in [2.45, 2.75) is 31.1 Å². The molecule has 3 aromatic rings. The Morgan fingerprint density at radius 3 is 2.30 bits per heavy atom. The van der Waals surface area contributed by atoms with Crippen LogP contribution in [0.25, 0.3) is 10.9 Å². The summed E-state index contributed by atoms with van der Waals surface area (Å²) in [5, 5.41) is 0.849. The van der Waals surface area contributed by atoms with Crippen molar-refractivity contribution < 1.29 is 8.42 Å². The lowest BCUT2D eigenvalue weighted by atomic mass is 9.87. The van der Waals surface area contributed by atoms with Crippen LogP contribution in [0.1, 0.15) is 26.3 Å². The van der Waals surface area contributed by atoms with Crippen LogP contribution in [0, 0.1) is 0 Å². The maximum atomic E-state index is 12.6. The van der Waals surface area contributed by atoms with Gasteiger partial charge in [-0.1, -0.05) is 39.0 Å². The van der Waals surface area contributed by atoms with Crippen molar-refractivity contribution in [1.82, 2.24) is 4.98 Å². The minimum Gasteiger partial charge on any atom is -0.361 e. The number of H-pyrrole nitrogens is 1. The highest BCUT2D eigenvalue weighted by Gasteiger charge is 2.18. The Bertz CT molecular complexity index is 933. The fraction of sp³-hybridized carbons (Fsp3) is 0.222. The number of nitrogens with one attached hydrogen (secondary N) is 2. The van der Waals surface area contributed by atoms with Gasteiger partial charge in [0.1, 0.15) is 0 Å². The van der Waals surface area contributed by atoms with Crippen molar-refractivity contribution in [3.05, 3.63) is 60.3 Å². The number of fused-ring (bicyclic) bond motifs is 1. The molecule has 3 rings (SSSR count). The molecule has 4 nitrogen and oxygen atoms in total. The van der Waals surface area contributed by atoms with E-state index in [1.54, 1.807) is 24.4 Å². The molecule has 0 radical (unpaired) electrons. The lowest BCUT2D eigenvalue weighted by molar-refractivity contribution is 0.587. The van der Waals surface area contributed by atoms with E-state index in [0.29, 0.717) is 5.69 Å². The van der Waals surface area contributed by atoms with E-state index in [9.17, 15) is 8.42 Å². The summed E-state index contributed by atoms with van der Waals surface area (Å²) in [5.41, 5.74) is 2.56. The quantitative estimate of drug-likeness (QED) is 0.754. The minimum absolute atomic E-state index is 0.00750. The molecule has 0 atom stereocenters. The van der Waals surface area contributed by atoms with Crippen molar-refractivity contribution in [2.24, 2.45) is 0 Å². The molecule has 0 unspecified atom stereocenters. The summed E-state index contributed by atoms with van der Waals surface area (Å²) in [4.78, 5) is 3.34. The van der Waals surface area contributed by atoms with Gasteiger partial charge in [-0.15, -0.1) is 0 Å². The van der Waals surface area contributed by atoms with Gasteiger partial charge >= 0.3 is 0 Å². The molecule has 1 aromatic heterocycles. The normalized spacial score (nSPS) is 12.5. The van der Waals surface area contributed by atoms with Crippen molar-refractivity contribution in [3.8, 4) is 0 Å². The first-order valence-electron chi connectivity index (χ1n) is 7.47. The first-order chi connectivity index (χ1) is 10.8. The van der Waals surface area contributed by atoms with Crippen LogP contribution in [0.5, 0.6) is 0 Å². The van der Waals surface area contributed by atoms with E-state index in [1.165, 1.54) is 0 Å². The zero-order chi connectivity index (χ0) is 16.7. The first kappa shape index (κ1) is 15.6. The second-order valence-corrected chi connectivity index (χ2v) is 8.31. The standard InChI is InChI=1S/C18H20N2O2S/c1-18(2,3)13-7-9-14(10-8-13)23(21,22)20-17-6-4-5-16-15(17)11-12-19-16/h4-12,19-20H,1-3H3. The molecule has 0 spiro atoms. The third-order valence-electron chi connectivity index (χ3n) is 3.87. The summed E-state index contributed by atoms with van der Waals surface area (Å²) in [5.74, 6) is 0. The molecule has 0 bridgehead atoms. The van der Waals surface area contributed by atoms with Crippen molar-refractivity contribution in [2.75, 3.05) is 4.72 Å². The van der Waals surface area contributed by atoms with E-state index < -0.39 is 10.0 Å². The molecule has 0 fully saturated rings. The highest BCUT2D eigenvalue weighted by molar-refractivity contribution is 7.92. The maximum absolute atomic E-state index is 12.6. The second-order valence-electron chi connectivity index (χ2n) is 6.62. The Morgan fingerprint density at radius 2 is 1.65 bits per heavy atom. The first-order valence-corrected chi connectivity index (χ1v) is 8.95. The molecule has 5 heteroatoms. The van der Waals surface area contributed by atoms with Gasteiger partial charge in [0.15, 0.2) is 0 Å². The van der Waals surface area contributed by atoms with Gasteiger partial charge in [0.25, 0.3) is 10.0 Å². The van der Waals surface area contributed by atoms with Crippen molar-refractivity contribution in [3.63, 3.8) is 0 Å². The van der Waals surface area contributed by atoms with E-state index in [1.807, 2.05) is 30.3 Å². The Hall–Kier alpha value is -2.27. The fourth-order valence-corrected chi connectivity index (χ4v) is 3.59. The van der Waals surface area contributed by atoms with Crippen molar-refractivity contribution >= 4 is 26.6 Å². The molecule has 2 N–H and O–H groups in total. The minimum atomic E-state index is -3.61. The largest absolute Gasteiger partial charge is 0.361 e. The molecule has 2 aromatic carbocycles. The summed E-state index contributed by atoms with van der Waals surface area (Å²) < 4.78 is 27.9. The van der Waals surface area contributed by atoms with Crippen LogP contribution in [0.2, 0.25) is 0 Å². The molecular formula is C18H20N2O2S. The highest BCUT2D eigenvalue weighted by Crippen LogP contribution is 2.27. The van der Waals surface area contributed by atoms with E-state index in [2.05, 4.69) is 30.5 Å². The van der Waals surface area contributed by atoms with Crippen LogP contribution in [0.3, 0.4) is 0 Å². The molecule has 0 saturated heterocycles. The molecule has 0 aliphatic rings. The lowest BCUT2D eigenvalue weighted by Crippen LogP contribution is -2.15. The van der Waals surface area contributed by atoms with E-state index in [-0.39, 0.29) is 10.3 Å². The number of hydrogen-bond donors (Lipinski definition) is 2. The lowest BCUT2D eigenvalue weighted by Gasteiger charge is -2.19. The Labute approximate surface area is 136 Å². The number of anilines is 1. The van der Waals surface area contributed by atoms with E-state index in [4.69, 9.17) is 0 Å². The number of aromatic amines is 1. The van der Waals surface area contributed by atoms with Gasteiger partial charge < -0.3 is 4.98 Å². The SMILES string of the molecule is CC(C)(C)c1ccc(S(=O)(=O)Nc2cccc3[nH]ccc23)cc1. The highest BCUT2D eigenvalue weighted by atomic mass is 32.2. The molecule has 0 aliphatic carbocycles. The second kappa shape index (κ2) is 5.42. The third-order valence-corrected chi connectivity index (χ3v) is 5.25. The summed E-state index contributed by atoms with van der Waals surface area (Å²) >= 11 is 0. The zero-order valence-electron chi connectivity index (χ0n) is 13.4.